The zero-order chi connectivity index (χ0) is 18.3. The van der Waals surface area contributed by atoms with Crippen LogP contribution in [0.15, 0.2) is 35.3 Å². The Morgan fingerprint density at radius 1 is 1.31 bits per heavy atom. The first-order valence-electron chi connectivity index (χ1n) is 8.44. The number of nitrogens with one attached hydrogen (secondary N) is 1. The van der Waals surface area contributed by atoms with Crippen LogP contribution in [0.5, 0.6) is 5.75 Å². The van der Waals surface area contributed by atoms with Gasteiger partial charge in [-0.2, -0.15) is 0 Å². The monoisotopic (exact) mass is 353 g/mol. The van der Waals surface area contributed by atoms with E-state index in [4.69, 9.17) is 10.5 Å². The van der Waals surface area contributed by atoms with Gasteiger partial charge in [0, 0.05) is 25.9 Å². The van der Waals surface area contributed by atoms with Crippen molar-refractivity contribution >= 4 is 22.8 Å². The van der Waals surface area contributed by atoms with Gasteiger partial charge in [-0.3, -0.25) is 14.3 Å². The summed E-state index contributed by atoms with van der Waals surface area (Å²) < 4.78 is 7.42. The first-order valence-corrected chi connectivity index (χ1v) is 8.44. The summed E-state index contributed by atoms with van der Waals surface area (Å²) in [4.78, 5) is 33.4. The lowest BCUT2D eigenvalue weighted by Gasteiger charge is -2.23. The number of carbonyl (C=O) groups is 1. The molecular formula is C18H19N5O3. The van der Waals surface area contributed by atoms with Crippen molar-refractivity contribution in [2.24, 2.45) is 5.73 Å². The summed E-state index contributed by atoms with van der Waals surface area (Å²) in [7, 11) is 1.91. The number of anilines is 1. The van der Waals surface area contributed by atoms with Crippen molar-refractivity contribution < 1.29 is 9.53 Å². The van der Waals surface area contributed by atoms with E-state index in [0.717, 1.165) is 19.4 Å². The van der Waals surface area contributed by atoms with Gasteiger partial charge in [0.15, 0.2) is 5.65 Å². The van der Waals surface area contributed by atoms with Crippen molar-refractivity contribution in [3.8, 4) is 11.4 Å². The molecule has 0 aliphatic carbocycles. The number of imidazole rings is 1. The lowest BCUT2D eigenvalue weighted by atomic mass is 10.1. The molecule has 0 spiro atoms. The Morgan fingerprint density at radius 3 is 2.96 bits per heavy atom. The van der Waals surface area contributed by atoms with Crippen LogP contribution in [0, 0.1) is 0 Å². The van der Waals surface area contributed by atoms with Crippen LogP contribution in [-0.2, 0) is 0 Å². The van der Waals surface area contributed by atoms with Gasteiger partial charge in [-0.15, -0.1) is 0 Å². The lowest BCUT2D eigenvalue weighted by molar-refractivity contribution is 0.100. The van der Waals surface area contributed by atoms with Gasteiger partial charge < -0.3 is 15.4 Å². The summed E-state index contributed by atoms with van der Waals surface area (Å²) in [5, 5.41) is 0. The quantitative estimate of drug-likeness (QED) is 0.688. The Labute approximate surface area is 149 Å². The highest BCUT2D eigenvalue weighted by molar-refractivity contribution is 5.99. The lowest BCUT2D eigenvalue weighted by Crippen LogP contribution is -2.25. The van der Waals surface area contributed by atoms with Crippen LogP contribution in [0.2, 0.25) is 0 Å². The number of H-pyrrole nitrogens is 1. The maximum absolute atomic E-state index is 12.6. The summed E-state index contributed by atoms with van der Waals surface area (Å²) in [6.45, 7) is 1.27. The molecule has 1 amide bonds. The molecule has 0 saturated carbocycles. The third-order valence-corrected chi connectivity index (χ3v) is 4.60. The molecule has 1 aromatic carbocycles. The number of fused-ring (bicyclic) bond motifs is 3. The van der Waals surface area contributed by atoms with Crippen LogP contribution < -0.4 is 21.1 Å². The summed E-state index contributed by atoms with van der Waals surface area (Å²) >= 11 is 0. The molecule has 3 N–H and O–H groups in total. The molecule has 3 heterocycles. The summed E-state index contributed by atoms with van der Waals surface area (Å²) in [5.41, 5.74) is 8.00. The molecule has 0 unspecified atom stereocenters. The fourth-order valence-electron chi connectivity index (χ4n) is 3.30. The largest absolute Gasteiger partial charge is 0.491 e. The average Bonchev–Trinajstić information content (AvgIpc) is 2.96. The molecule has 0 saturated heterocycles. The number of pyridine rings is 1. The van der Waals surface area contributed by atoms with Gasteiger partial charge in [0.2, 0.25) is 0 Å². The van der Waals surface area contributed by atoms with Crippen LogP contribution in [-0.4, -0.2) is 40.6 Å². The van der Waals surface area contributed by atoms with Gasteiger partial charge >= 0.3 is 5.69 Å². The molecule has 1 aliphatic rings. The molecule has 134 valence electrons. The molecule has 26 heavy (non-hydrogen) atoms. The number of benzene rings is 1. The second-order valence-corrected chi connectivity index (χ2v) is 6.31. The van der Waals surface area contributed by atoms with Crippen molar-refractivity contribution in [2.75, 3.05) is 25.1 Å². The van der Waals surface area contributed by atoms with Gasteiger partial charge in [-0.05, 0) is 31.0 Å². The number of hydrogen-bond acceptors (Lipinski definition) is 5. The van der Waals surface area contributed by atoms with E-state index in [2.05, 4.69) is 9.97 Å². The zero-order valence-electron chi connectivity index (χ0n) is 14.4. The minimum Gasteiger partial charge on any atom is -0.491 e. The van der Waals surface area contributed by atoms with Gasteiger partial charge in [0.25, 0.3) is 5.91 Å². The number of rotatable bonds is 1. The molecule has 0 fully saturated rings. The van der Waals surface area contributed by atoms with Crippen molar-refractivity contribution in [1.82, 2.24) is 14.5 Å². The highest BCUT2D eigenvalue weighted by Crippen LogP contribution is 2.29. The van der Waals surface area contributed by atoms with Crippen molar-refractivity contribution in [3.05, 3.63) is 46.5 Å². The molecule has 0 atom stereocenters. The predicted molar refractivity (Wildman–Crippen MR) is 98.2 cm³/mol. The van der Waals surface area contributed by atoms with E-state index >= 15 is 0 Å². The van der Waals surface area contributed by atoms with Crippen LogP contribution in [0.3, 0.4) is 0 Å². The minimum absolute atomic E-state index is 0.318. The first-order chi connectivity index (χ1) is 12.6. The Balaban J connectivity index is 2.03. The van der Waals surface area contributed by atoms with Gasteiger partial charge in [0.05, 0.1) is 23.5 Å². The molecule has 0 radical (unpaired) electrons. The topological polar surface area (TPSA) is 106 Å². The maximum atomic E-state index is 12.6. The van der Waals surface area contributed by atoms with E-state index in [9.17, 15) is 9.59 Å². The minimum atomic E-state index is -0.498. The molecule has 2 bridgehead atoms. The predicted octanol–water partition coefficient (Wildman–Crippen LogP) is 1.42. The molecule has 2 aromatic heterocycles. The third-order valence-electron chi connectivity index (χ3n) is 4.60. The van der Waals surface area contributed by atoms with Crippen LogP contribution in [0.25, 0.3) is 16.9 Å². The summed E-state index contributed by atoms with van der Waals surface area (Å²) in [5.74, 6) is 0.102. The fourth-order valence-corrected chi connectivity index (χ4v) is 3.30. The zero-order valence-corrected chi connectivity index (χ0v) is 14.4. The Hall–Kier alpha value is -3.29. The van der Waals surface area contributed by atoms with Gasteiger partial charge in [-0.1, -0.05) is 0 Å². The molecule has 1 aliphatic heterocycles. The number of nitrogens with zero attached hydrogens (tertiary/aromatic N) is 3. The molecule has 8 heteroatoms. The molecular weight excluding hydrogens is 334 g/mol. The standard InChI is InChI=1S/C18H19N5O3/c1-22-8-2-3-9-26-14-6-7-20-17-15(14)23(18(25)21-17)11-4-5-12(16(19)24)13(22)10-11/h4-7,10H,2-3,8-9H2,1H3,(H2,19,24)(H,20,21,25). The number of hydrogen-bond donors (Lipinski definition) is 2. The number of ether oxygens (including phenoxy) is 1. The number of nitrogens with two attached hydrogens (primary N) is 1. The van der Waals surface area contributed by atoms with Crippen molar-refractivity contribution in [2.45, 2.75) is 12.8 Å². The molecule has 4 rings (SSSR count). The SMILES string of the molecule is CN1CCCCOc2ccnc3[nH]c(=O)n(c23)-c2ccc(C(N)=O)c1c2. The number of primary amides is 1. The summed E-state index contributed by atoms with van der Waals surface area (Å²) in [6, 6.07) is 6.90. The number of aromatic amines is 1. The van der Waals surface area contributed by atoms with E-state index in [1.54, 1.807) is 30.5 Å². The van der Waals surface area contributed by atoms with Crippen LogP contribution in [0.1, 0.15) is 23.2 Å². The highest BCUT2D eigenvalue weighted by Gasteiger charge is 2.19. The van der Waals surface area contributed by atoms with Crippen LogP contribution >= 0.6 is 0 Å². The van der Waals surface area contributed by atoms with Gasteiger partial charge in [-0.25, -0.2) is 9.78 Å². The third kappa shape index (κ3) is 2.59. The molecule has 8 nitrogen and oxygen atoms in total. The van der Waals surface area contributed by atoms with E-state index in [1.165, 1.54) is 4.57 Å². The van der Waals surface area contributed by atoms with E-state index in [1.807, 2.05) is 11.9 Å². The second kappa shape index (κ2) is 6.21. The van der Waals surface area contributed by atoms with E-state index in [-0.39, 0.29) is 5.69 Å². The highest BCUT2D eigenvalue weighted by atomic mass is 16.5. The maximum Gasteiger partial charge on any atom is 0.332 e. The van der Waals surface area contributed by atoms with Crippen molar-refractivity contribution in [3.63, 3.8) is 0 Å². The smallest absolute Gasteiger partial charge is 0.332 e. The number of amides is 1. The summed E-state index contributed by atoms with van der Waals surface area (Å²) in [6.07, 6.45) is 3.35. The Bertz CT molecular complexity index is 1050. The fraction of sp³-hybridized carbons (Fsp3) is 0.278. The van der Waals surface area contributed by atoms with Crippen LogP contribution in [0.4, 0.5) is 5.69 Å². The van der Waals surface area contributed by atoms with E-state index in [0.29, 0.717) is 40.5 Å². The van der Waals surface area contributed by atoms with Crippen molar-refractivity contribution in [1.29, 1.82) is 0 Å². The average molecular weight is 353 g/mol. The Kier molecular flexibility index (Phi) is 3.87. The second-order valence-electron chi connectivity index (χ2n) is 6.31. The van der Waals surface area contributed by atoms with E-state index < -0.39 is 5.91 Å². The Morgan fingerprint density at radius 2 is 2.15 bits per heavy atom. The number of aromatic nitrogens is 3. The first kappa shape index (κ1) is 16.2. The van der Waals surface area contributed by atoms with Gasteiger partial charge in [0.1, 0.15) is 11.3 Å². The normalized spacial score (nSPS) is 14.4. The molecule has 3 aromatic rings. The number of carbonyl (C=O) groups excluding carboxylic acids is 1.